The van der Waals surface area contributed by atoms with Gasteiger partial charge in [0.25, 0.3) is 5.91 Å². The highest BCUT2D eigenvalue weighted by Crippen LogP contribution is 2.28. The number of benzene rings is 2. The van der Waals surface area contributed by atoms with E-state index in [-0.39, 0.29) is 11.8 Å². The average molecular weight is 345 g/mol. The summed E-state index contributed by atoms with van der Waals surface area (Å²) in [5.74, 6) is -1.35. The van der Waals surface area contributed by atoms with Gasteiger partial charge in [-0.2, -0.15) is 0 Å². The Morgan fingerprint density at radius 2 is 1.31 bits per heavy atom. The Morgan fingerprint density at radius 3 is 1.77 bits per heavy atom. The molecule has 3 N–H and O–H groups in total. The Morgan fingerprint density at radius 1 is 0.808 bits per heavy atom. The number of hydrogen-bond acceptors (Lipinski definition) is 3. The lowest BCUT2D eigenvalue weighted by Crippen LogP contribution is -2.48. The van der Waals surface area contributed by atoms with Crippen molar-refractivity contribution in [1.82, 2.24) is 10.3 Å². The third kappa shape index (κ3) is 3.95. The summed E-state index contributed by atoms with van der Waals surface area (Å²) in [5, 5.41) is 2.79. The Bertz CT molecular complexity index is 828. The molecule has 0 aliphatic rings. The molecule has 0 spiro atoms. The number of rotatable bonds is 6. The molecule has 0 aliphatic carbocycles. The maximum absolute atomic E-state index is 12.6. The lowest BCUT2D eigenvalue weighted by Gasteiger charge is -2.26. The van der Waals surface area contributed by atoms with Gasteiger partial charge in [0.1, 0.15) is 6.04 Å². The number of amides is 2. The van der Waals surface area contributed by atoms with Gasteiger partial charge < -0.3 is 11.1 Å². The van der Waals surface area contributed by atoms with Gasteiger partial charge >= 0.3 is 0 Å². The van der Waals surface area contributed by atoms with Crippen molar-refractivity contribution in [3.8, 4) is 0 Å². The van der Waals surface area contributed by atoms with Gasteiger partial charge in [0.05, 0.1) is 0 Å². The molecule has 1 aromatic heterocycles. The van der Waals surface area contributed by atoms with Crippen LogP contribution in [0.5, 0.6) is 0 Å². The first-order valence-electron chi connectivity index (χ1n) is 8.27. The monoisotopic (exact) mass is 345 g/mol. The first-order valence-corrected chi connectivity index (χ1v) is 8.27. The van der Waals surface area contributed by atoms with Crippen molar-refractivity contribution in [2.75, 3.05) is 0 Å². The van der Waals surface area contributed by atoms with Crippen molar-refractivity contribution in [1.29, 1.82) is 0 Å². The van der Waals surface area contributed by atoms with E-state index in [2.05, 4.69) is 10.3 Å². The second kappa shape index (κ2) is 8.07. The minimum atomic E-state index is -0.888. The summed E-state index contributed by atoms with van der Waals surface area (Å²) in [7, 11) is 0. The van der Waals surface area contributed by atoms with Crippen molar-refractivity contribution in [2.45, 2.75) is 12.0 Å². The molecular formula is C21H19N3O2. The molecule has 0 saturated heterocycles. The Labute approximate surface area is 151 Å². The van der Waals surface area contributed by atoms with E-state index in [9.17, 15) is 9.59 Å². The fourth-order valence-corrected chi connectivity index (χ4v) is 2.94. The van der Waals surface area contributed by atoms with Crippen LogP contribution in [0.2, 0.25) is 0 Å². The van der Waals surface area contributed by atoms with Crippen LogP contribution < -0.4 is 11.1 Å². The van der Waals surface area contributed by atoms with E-state index < -0.39 is 11.9 Å². The number of carbonyl (C=O) groups is 2. The van der Waals surface area contributed by atoms with Gasteiger partial charge in [-0.05, 0) is 23.3 Å². The van der Waals surface area contributed by atoms with Gasteiger partial charge in [0.2, 0.25) is 5.91 Å². The second-order valence-electron chi connectivity index (χ2n) is 5.89. The van der Waals surface area contributed by atoms with Gasteiger partial charge in [0.15, 0.2) is 0 Å². The number of aromatic nitrogens is 1. The quantitative estimate of drug-likeness (QED) is 0.720. The highest BCUT2D eigenvalue weighted by Gasteiger charge is 2.31. The van der Waals surface area contributed by atoms with Crippen LogP contribution in [0.15, 0.2) is 85.2 Å². The summed E-state index contributed by atoms with van der Waals surface area (Å²) >= 11 is 0. The van der Waals surface area contributed by atoms with Crippen LogP contribution in [-0.4, -0.2) is 22.8 Å². The average Bonchev–Trinajstić information content (AvgIpc) is 2.69. The van der Waals surface area contributed by atoms with Crippen LogP contribution in [0.3, 0.4) is 0 Å². The van der Waals surface area contributed by atoms with E-state index in [0.29, 0.717) is 5.56 Å². The predicted molar refractivity (Wildman–Crippen MR) is 99.4 cm³/mol. The largest absolute Gasteiger partial charge is 0.368 e. The maximum Gasteiger partial charge on any atom is 0.252 e. The zero-order valence-corrected chi connectivity index (χ0v) is 14.1. The summed E-state index contributed by atoms with van der Waals surface area (Å²) in [6.45, 7) is 0. The van der Waals surface area contributed by atoms with Crippen molar-refractivity contribution in [3.05, 3.63) is 102 Å². The summed E-state index contributed by atoms with van der Waals surface area (Å²) < 4.78 is 0. The normalized spacial score (nSPS) is 11.7. The molecule has 0 aliphatic heterocycles. The molecule has 1 heterocycles. The van der Waals surface area contributed by atoms with E-state index in [0.717, 1.165) is 11.1 Å². The minimum Gasteiger partial charge on any atom is -0.368 e. The van der Waals surface area contributed by atoms with E-state index in [4.69, 9.17) is 5.73 Å². The number of hydrogen-bond donors (Lipinski definition) is 2. The van der Waals surface area contributed by atoms with Gasteiger partial charge in [-0.25, -0.2) is 0 Å². The number of nitrogens with zero attached hydrogens (tertiary/aromatic N) is 1. The van der Waals surface area contributed by atoms with Crippen molar-refractivity contribution < 1.29 is 9.59 Å². The van der Waals surface area contributed by atoms with Crippen LogP contribution in [0.4, 0.5) is 0 Å². The summed E-state index contributed by atoms with van der Waals surface area (Å²) in [4.78, 5) is 28.7. The van der Waals surface area contributed by atoms with E-state index in [1.54, 1.807) is 12.1 Å². The number of nitrogens with one attached hydrogen (secondary N) is 1. The Kier molecular flexibility index (Phi) is 5.39. The summed E-state index contributed by atoms with van der Waals surface area (Å²) in [5.41, 5.74) is 7.90. The number of pyridine rings is 1. The molecule has 2 aromatic carbocycles. The molecule has 1 atom stereocenters. The third-order valence-electron chi connectivity index (χ3n) is 4.19. The summed E-state index contributed by atoms with van der Waals surface area (Å²) in [6.07, 6.45) is 3.06. The zero-order chi connectivity index (χ0) is 18.4. The van der Waals surface area contributed by atoms with Crippen LogP contribution >= 0.6 is 0 Å². The lowest BCUT2D eigenvalue weighted by molar-refractivity contribution is -0.120. The van der Waals surface area contributed by atoms with Crippen LogP contribution in [0, 0.1) is 0 Å². The van der Waals surface area contributed by atoms with E-state index >= 15 is 0 Å². The minimum absolute atomic E-state index is 0.368. The molecule has 5 heteroatoms. The molecule has 0 unspecified atom stereocenters. The highest BCUT2D eigenvalue weighted by atomic mass is 16.2. The van der Waals surface area contributed by atoms with Gasteiger partial charge in [-0.3, -0.25) is 14.6 Å². The zero-order valence-electron chi connectivity index (χ0n) is 14.1. The Hall–Kier alpha value is -3.47. The van der Waals surface area contributed by atoms with Crippen LogP contribution in [0.25, 0.3) is 0 Å². The molecule has 0 bridgehead atoms. The standard InChI is InChI=1S/C21H19N3O2/c22-20(25)19(24-21(26)17-11-13-23-14-12-17)18(15-7-3-1-4-8-15)16-9-5-2-6-10-16/h1-14,18-19H,(H2,22,25)(H,24,26)/t19-/m1/s1. The topological polar surface area (TPSA) is 85.1 Å². The first kappa shape index (κ1) is 17.4. The van der Waals surface area contributed by atoms with E-state index in [1.807, 2.05) is 60.7 Å². The molecule has 0 radical (unpaired) electrons. The molecule has 5 nitrogen and oxygen atoms in total. The maximum atomic E-state index is 12.6. The molecule has 130 valence electrons. The fraction of sp³-hybridized carbons (Fsp3) is 0.0952. The first-order chi connectivity index (χ1) is 12.7. The SMILES string of the molecule is NC(=O)[C@H](NC(=O)c1ccncc1)C(c1ccccc1)c1ccccc1. The molecule has 3 rings (SSSR count). The van der Waals surface area contributed by atoms with Crippen LogP contribution in [0.1, 0.15) is 27.4 Å². The number of primary amides is 1. The van der Waals surface area contributed by atoms with Crippen molar-refractivity contribution in [3.63, 3.8) is 0 Å². The molecule has 26 heavy (non-hydrogen) atoms. The van der Waals surface area contributed by atoms with Crippen LogP contribution in [-0.2, 0) is 4.79 Å². The second-order valence-corrected chi connectivity index (χ2v) is 5.89. The molecule has 3 aromatic rings. The molecule has 0 fully saturated rings. The van der Waals surface area contributed by atoms with Gasteiger partial charge in [0, 0.05) is 23.9 Å². The molecule has 2 amide bonds. The summed E-state index contributed by atoms with van der Waals surface area (Å²) in [6, 6.07) is 21.4. The lowest BCUT2D eigenvalue weighted by atomic mass is 9.84. The fourth-order valence-electron chi connectivity index (χ4n) is 2.94. The van der Waals surface area contributed by atoms with Crippen molar-refractivity contribution >= 4 is 11.8 Å². The molecule has 0 saturated carbocycles. The van der Waals surface area contributed by atoms with Crippen molar-refractivity contribution in [2.24, 2.45) is 5.73 Å². The number of nitrogens with two attached hydrogens (primary N) is 1. The predicted octanol–water partition coefficient (Wildman–Crippen LogP) is 2.50. The number of carbonyl (C=O) groups excluding carboxylic acids is 2. The third-order valence-corrected chi connectivity index (χ3v) is 4.19. The highest BCUT2D eigenvalue weighted by molar-refractivity contribution is 5.97. The molecular weight excluding hydrogens is 326 g/mol. The Balaban J connectivity index is 1.99. The van der Waals surface area contributed by atoms with Gasteiger partial charge in [-0.1, -0.05) is 60.7 Å². The van der Waals surface area contributed by atoms with E-state index in [1.165, 1.54) is 12.4 Å². The smallest absolute Gasteiger partial charge is 0.252 e. The van der Waals surface area contributed by atoms with Gasteiger partial charge in [-0.15, -0.1) is 0 Å².